The van der Waals surface area contributed by atoms with E-state index in [-0.39, 0.29) is 18.0 Å². The predicted molar refractivity (Wildman–Crippen MR) is 251 cm³/mol. The highest BCUT2D eigenvalue weighted by atomic mass is 127. The summed E-state index contributed by atoms with van der Waals surface area (Å²) in [6.45, 7) is 9.19. The van der Waals surface area contributed by atoms with Gasteiger partial charge in [-0.25, -0.2) is 5.48 Å². The van der Waals surface area contributed by atoms with Crippen molar-refractivity contribution in [2.75, 3.05) is 51.4 Å². The molecule has 0 aliphatic heterocycles. The van der Waals surface area contributed by atoms with Crippen LogP contribution in [0.3, 0.4) is 0 Å². The van der Waals surface area contributed by atoms with Gasteiger partial charge in [-0.15, -0.1) is 0 Å². The van der Waals surface area contributed by atoms with E-state index in [0.29, 0.717) is 25.4 Å². The molecule has 1 unspecified atom stereocenters. The lowest BCUT2D eigenvalue weighted by Gasteiger charge is -2.22. The summed E-state index contributed by atoms with van der Waals surface area (Å²) in [4.78, 5) is 36.7. The van der Waals surface area contributed by atoms with Crippen molar-refractivity contribution in [3.05, 3.63) is 0 Å². The van der Waals surface area contributed by atoms with Crippen LogP contribution in [0.1, 0.15) is 226 Å². The number of hydroxylamine groups is 1. The van der Waals surface area contributed by atoms with Crippen molar-refractivity contribution in [1.82, 2.24) is 15.7 Å². The van der Waals surface area contributed by atoms with E-state index in [1.807, 2.05) is 0 Å². The predicted octanol–water partition coefficient (Wildman–Crippen LogP) is 12.8. The molecule has 9 nitrogen and oxygen atoms in total. The van der Waals surface area contributed by atoms with Gasteiger partial charge in [0.25, 0.3) is 0 Å². The first-order chi connectivity index (χ1) is 28.0. The fourth-order valence-electron chi connectivity index (χ4n) is 7.35. The molecule has 0 fully saturated rings. The van der Waals surface area contributed by atoms with Crippen molar-refractivity contribution in [1.29, 1.82) is 0 Å². The van der Waals surface area contributed by atoms with Crippen LogP contribution in [0.5, 0.6) is 0 Å². The maximum Gasteiger partial charge on any atom is 0.306 e. The molecule has 2 N–H and O–H groups in total. The van der Waals surface area contributed by atoms with Crippen molar-refractivity contribution >= 4 is 40.5 Å². The smallest absolute Gasteiger partial charge is 0.306 e. The normalized spacial score (nSPS) is 12.3. The van der Waals surface area contributed by atoms with Gasteiger partial charge >= 0.3 is 11.9 Å². The standard InChI is InChI=1S/C47H93IN4O5/c1-5-7-9-11-13-24-32-43-56-45(53)36-27-19-15-22-30-40-52(42-33-39-50-47(49-3)51-55-4)41-31-23-16-20-28-37-46(54)57-44(34-25-17-12-10-8-6-2)35-26-18-14-21-29-38-48/h44H,5-43H2,1-4H3,(H2,49,50,51). The number of hydrogen-bond donors (Lipinski definition) is 2. The van der Waals surface area contributed by atoms with Crippen LogP contribution in [-0.4, -0.2) is 80.3 Å². The van der Waals surface area contributed by atoms with Crippen LogP contribution < -0.4 is 10.8 Å². The van der Waals surface area contributed by atoms with E-state index < -0.39 is 0 Å². The van der Waals surface area contributed by atoms with Crippen molar-refractivity contribution in [2.24, 2.45) is 4.99 Å². The summed E-state index contributed by atoms with van der Waals surface area (Å²) >= 11 is 2.47. The molecule has 1 atom stereocenters. The van der Waals surface area contributed by atoms with Gasteiger partial charge in [0.05, 0.1) is 13.7 Å². The zero-order valence-electron chi connectivity index (χ0n) is 38.0. The van der Waals surface area contributed by atoms with E-state index in [2.05, 4.69) is 57.1 Å². The number of hydrogen-bond acceptors (Lipinski definition) is 7. The third kappa shape index (κ3) is 41.4. The van der Waals surface area contributed by atoms with E-state index >= 15 is 0 Å². The average Bonchev–Trinajstić information content (AvgIpc) is 3.21. The molecule has 0 saturated heterocycles. The summed E-state index contributed by atoms with van der Waals surface area (Å²) in [5.41, 5.74) is 2.78. The van der Waals surface area contributed by atoms with Crippen LogP contribution in [0.2, 0.25) is 0 Å². The Balaban J connectivity index is 4.41. The monoisotopic (exact) mass is 921 g/mol. The summed E-state index contributed by atoms with van der Waals surface area (Å²) < 4.78 is 12.8. The molecular weight excluding hydrogens is 827 g/mol. The number of carbonyl (C=O) groups is 2. The number of nitrogens with one attached hydrogen (secondary N) is 2. The minimum Gasteiger partial charge on any atom is -0.466 e. The van der Waals surface area contributed by atoms with Gasteiger partial charge in [-0.05, 0) is 94.7 Å². The average molecular weight is 921 g/mol. The van der Waals surface area contributed by atoms with Gasteiger partial charge in [-0.1, -0.05) is 165 Å². The maximum atomic E-state index is 12.8. The van der Waals surface area contributed by atoms with E-state index in [0.717, 1.165) is 77.5 Å². The maximum absolute atomic E-state index is 12.8. The van der Waals surface area contributed by atoms with Gasteiger partial charge in [0.1, 0.15) is 6.10 Å². The Morgan fingerprint density at radius 3 is 1.56 bits per heavy atom. The first-order valence-corrected chi connectivity index (χ1v) is 25.7. The Hall–Kier alpha value is -1.14. The Bertz CT molecular complexity index is 880. The lowest BCUT2D eigenvalue weighted by atomic mass is 10.0. The first-order valence-electron chi connectivity index (χ1n) is 24.1. The molecular formula is C47H93IN4O5. The van der Waals surface area contributed by atoms with Crippen LogP contribution in [0.25, 0.3) is 0 Å². The summed E-state index contributed by atoms with van der Waals surface area (Å²) in [7, 11) is 3.34. The Kier molecular flexibility index (Phi) is 45.0. The van der Waals surface area contributed by atoms with E-state index in [1.54, 1.807) is 14.2 Å². The minimum atomic E-state index is -0.0243. The number of nitrogens with zero attached hydrogens (tertiary/aromatic N) is 2. The molecule has 338 valence electrons. The highest BCUT2D eigenvalue weighted by Gasteiger charge is 2.14. The van der Waals surface area contributed by atoms with Gasteiger partial charge in [0.2, 0.25) is 5.96 Å². The summed E-state index contributed by atoms with van der Waals surface area (Å²) in [5.74, 6) is 0.649. The number of halogens is 1. The summed E-state index contributed by atoms with van der Waals surface area (Å²) in [6, 6.07) is 0. The fourth-order valence-corrected chi connectivity index (χ4v) is 7.89. The largest absolute Gasteiger partial charge is 0.466 e. The third-order valence-electron chi connectivity index (χ3n) is 10.9. The van der Waals surface area contributed by atoms with Gasteiger partial charge in [0, 0.05) is 26.4 Å². The zero-order valence-corrected chi connectivity index (χ0v) is 40.1. The van der Waals surface area contributed by atoms with Crippen molar-refractivity contribution < 1.29 is 23.9 Å². The molecule has 0 rings (SSSR count). The highest BCUT2D eigenvalue weighted by molar-refractivity contribution is 14.1. The molecule has 0 aromatic carbocycles. The minimum absolute atomic E-state index is 0.0198. The number of alkyl halides is 1. The molecule has 0 radical (unpaired) electrons. The Morgan fingerprint density at radius 1 is 0.579 bits per heavy atom. The lowest BCUT2D eigenvalue weighted by Crippen LogP contribution is -2.38. The van der Waals surface area contributed by atoms with Gasteiger partial charge in [-0.2, -0.15) is 0 Å². The van der Waals surface area contributed by atoms with Crippen LogP contribution in [0.15, 0.2) is 4.99 Å². The SMILES string of the molecule is CCCCCCCCCOC(=O)CCCCCCCN(CCCCCCCC(=O)OC(CCCCCCCC)CCCCCCCI)CCCNC(=NC)NOC. The molecule has 0 amide bonds. The first kappa shape index (κ1) is 55.9. The van der Waals surface area contributed by atoms with Crippen molar-refractivity contribution in [3.8, 4) is 0 Å². The second kappa shape index (κ2) is 45.9. The molecule has 0 bridgehead atoms. The number of esters is 2. The quantitative estimate of drug-likeness (QED) is 0.0119. The molecule has 10 heteroatoms. The van der Waals surface area contributed by atoms with Crippen LogP contribution in [0.4, 0.5) is 0 Å². The molecule has 0 aliphatic carbocycles. The lowest BCUT2D eigenvalue weighted by molar-refractivity contribution is -0.150. The van der Waals surface area contributed by atoms with E-state index in [4.69, 9.17) is 14.3 Å². The number of guanidine groups is 1. The Morgan fingerprint density at radius 2 is 1.04 bits per heavy atom. The number of rotatable bonds is 44. The zero-order chi connectivity index (χ0) is 41.7. The molecule has 0 aromatic heterocycles. The van der Waals surface area contributed by atoms with Crippen LogP contribution in [-0.2, 0) is 23.9 Å². The number of carbonyl (C=O) groups excluding carboxylic acids is 2. The second-order valence-corrected chi connectivity index (χ2v) is 17.4. The van der Waals surface area contributed by atoms with Crippen molar-refractivity contribution in [2.45, 2.75) is 232 Å². The van der Waals surface area contributed by atoms with E-state index in [9.17, 15) is 9.59 Å². The number of aliphatic imine (C=N–C) groups is 1. The fraction of sp³-hybridized carbons (Fsp3) is 0.936. The molecule has 0 saturated carbocycles. The van der Waals surface area contributed by atoms with Gasteiger partial charge in [0.15, 0.2) is 0 Å². The van der Waals surface area contributed by atoms with Crippen molar-refractivity contribution in [3.63, 3.8) is 0 Å². The van der Waals surface area contributed by atoms with E-state index in [1.165, 1.54) is 152 Å². The summed E-state index contributed by atoms with van der Waals surface area (Å²) in [6.07, 6.45) is 38.2. The van der Waals surface area contributed by atoms with Gasteiger partial charge in [-0.3, -0.25) is 19.4 Å². The molecule has 57 heavy (non-hydrogen) atoms. The molecule has 0 heterocycles. The molecule has 0 aromatic rings. The topological polar surface area (TPSA) is 101 Å². The Labute approximate surface area is 366 Å². The number of unbranched alkanes of at least 4 members (excludes halogenated alkanes) is 23. The van der Waals surface area contributed by atoms with Crippen LogP contribution in [0, 0.1) is 0 Å². The molecule has 0 aliphatic rings. The van der Waals surface area contributed by atoms with Gasteiger partial charge < -0.3 is 19.7 Å². The molecule has 0 spiro atoms. The number of ether oxygens (including phenoxy) is 2. The summed E-state index contributed by atoms with van der Waals surface area (Å²) in [5, 5.41) is 3.31. The third-order valence-corrected chi connectivity index (χ3v) is 11.7. The second-order valence-electron chi connectivity index (χ2n) is 16.3. The highest BCUT2D eigenvalue weighted by Crippen LogP contribution is 2.18. The van der Waals surface area contributed by atoms with Crippen LogP contribution >= 0.6 is 22.6 Å².